The Balaban J connectivity index is 1.59. The van der Waals surface area contributed by atoms with Crippen molar-refractivity contribution in [1.29, 1.82) is 0 Å². The van der Waals surface area contributed by atoms with Crippen LogP contribution in [0, 0.1) is 0 Å². The quantitative estimate of drug-likeness (QED) is 0.803. The monoisotopic (exact) mass is 360 g/mol. The molecule has 0 aromatic heterocycles. The number of carbonyl (C=O) groups excluding carboxylic acids is 3. The molecular weight excluding hydrogens is 348 g/mol. The Hall–Kier alpha value is -2.31. The number of halogens is 1. The van der Waals surface area contributed by atoms with Crippen molar-refractivity contribution in [3.8, 4) is 0 Å². The van der Waals surface area contributed by atoms with Crippen LogP contribution in [-0.2, 0) is 10.5 Å². The Morgan fingerprint density at radius 1 is 1.08 bits per heavy atom. The zero-order valence-electron chi connectivity index (χ0n) is 12.5. The third-order valence-electron chi connectivity index (χ3n) is 3.45. The number of imide groups is 1. The van der Waals surface area contributed by atoms with E-state index >= 15 is 0 Å². The summed E-state index contributed by atoms with van der Waals surface area (Å²) in [6, 6.07) is 12.2. The van der Waals surface area contributed by atoms with Gasteiger partial charge in [-0.05, 0) is 29.8 Å². The van der Waals surface area contributed by atoms with Crippen molar-refractivity contribution >= 4 is 46.8 Å². The average molecular weight is 361 g/mol. The van der Waals surface area contributed by atoms with Crippen molar-refractivity contribution < 1.29 is 14.4 Å². The van der Waals surface area contributed by atoms with Gasteiger partial charge in [0.15, 0.2) is 0 Å². The lowest BCUT2D eigenvalue weighted by Crippen LogP contribution is -2.21. The number of fused-ring (bicyclic) bond motifs is 1. The molecule has 0 spiro atoms. The highest BCUT2D eigenvalue weighted by molar-refractivity contribution is 7.99. The molecule has 1 aliphatic rings. The largest absolute Gasteiger partial charge is 0.325 e. The zero-order chi connectivity index (χ0) is 17.1. The van der Waals surface area contributed by atoms with Crippen molar-refractivity contribution in [3.63, 3.8) is 0 Å². The molecule has 1 heterocycles. The molecule has 0 unspecified atom stereocenters. The fourth-order valence-electron chi connectivity index (χ4n) is 2.35. The van der Waals surface area contributed by atoms with E-state index in [1.165, 1.54) is 11.8 Å². The molecule has 7 heteroatoms. The first-order valence-electron chi connectivity index (χ1n) is 7.15. The summed E-state index contributed by atoms with van der Waals surface area (Å²) in [6.07, 6.45) is 0. The molecule has 5 nitrogen and oxygen atoms in total. The lowest BCUT2D eigenvalue weighted by atomic mass is 10.1. The number of thioether (sulfide) groups is 1. The molecule has 24 heavy (non-hydrogen) atoms. The molecule has 0 atom stereocenters. The summed E-state index contributed by atoms with van der Waals surface area (Å²) in [5, 5.41) is 5.59. The van der Waals surface area contributed by atoms with Crippen LogP contribution < -0.4 is 10.6 Å². The summed E-state index contributed by atoms with van der Waals surface area (Å²) in [4.78, 5) is 35.5. The van der Waals surface area contributed by atoms with Crippen LogP contribution in [0.4, 0.5) is 5.69 Å². The molecular formula is C17H13ClN2O3S. The minimum absolute atomic E-state index is 0.221. The van der Waals surface area contributed by atoms with Gasteiger partial charge in [-0.1, -0.05) is 29.8 Å². The van der Waals surface area contributed by atoms with Crippen molar-refractivity contribution in [2.24, 2.45) is 0 Å². The molecule has 3 rings (SSSR count). The molecule has 0 saturated heterocycles. The normalized spacial score (nSPS) is 12.7. The van der Waals surface area contributed by atoms with Gasteiger partial charge in [-0.15, -0.1) is 11.8 Å². The second-order valence-corrected chi connectivity index (χ2v) is 6.60. The van der Waals surface area contributed by atoms with Crippen LogP contribution in [0.2, 0.25) is 5.02 Å². The van der Waals surface area contributed by atoms with E-state index in [0.717, 1.165) is 5.56 Å². The van der Waals surface area contributed by atoms with Crippen LogP contribution in [0.5, 0.6) is 0 Å². The van der Waals surface area contributed by atoms with E-state index in [2.05, 4.69) is 10.6 Å². The van der Waals surface area contributed by atoms with E-state index in [0.29, 0.717) is 16.5 Å². The lowest BCUT2D eigenvalue weighted by molar-refractivity contribution is -0.113. The highest BCUT2D eigenvalue weighted by Gasteiger charge is 2.29. The van der Waals surface area contributed by atoms with Gasteiger partial charge in [0.1, 0.15) is 0 Å². The van der Waals surface area contributed by atoms with Gasteiger partial charge in [0, 0.05) is 10.8 Å². The summed E-state index contributed by atoms with van der Waals surface area (Å²) >= 11 is 7.28. The maximum Gasteiger partial charge on any atom is 0.261 e. The van der Waals surface area contributed by atoms with Gasteiger partial charge < -0.3 is 5.32 Å². The Bertz CT molecular complexity index is 821. The molecule has 2 aromatic carbocycles. The van der Waals surface area contributed by atoms with Crippen LogP contribution in [-0.4, -0.2) is 23.5 Å². The molecule has 1 aliphatic heterocycles. The van der Waals surface area contributed by atoms with E-state index < -0.39 is 11.8 Å². The fourth-order valence-corrected chi connectivity index (χ4v) is 3.27. The maximum absolute atomic E-state index is 12.1. The smallest absolute Gasteiger partial charge is 0.261 e. The Morgan fingerprint density at radius 3 is 2.58 bits per heavy atom. The van der Waals surface area contributed by atoms with Gasteiger partial charge in [0.25, 0.3) is 11.8 Å². The third kappa shape index (κ3) is 3.60. The summed E-state index contributed by atoms with van der Waals surface area (Å²) in [6.45, 7) is 0. The maximum atomic E-state index is 12.1. The number of nitrogens with one attached hydrogen (secondary N) is 2. The highest BCUT2D eigenvalue weighted by atomic mass is 35.5. The average Bonchev–Trinajstić information content (AvgIpc) is 2.85. The van der Waals surface area contributed by atoms with E-state index in [1.807, 2.05) is 12.1 Å². The SMILES string of the molecule is O=C(CSCc1ccc(Cl)cc1)Nc1cccc2c1C(=O)NC2=O. The number of anilines is 1. The molecule has 0 fully saturated rings. The number of carbonyl (C=O) groups is 3. The predicted octanol–water partition coefficient (Wildman–Crippen LogP) is 3.10. The van der Waals surface area contributed by atoms with E-state index in [1.54, 1.807) is 30.3 Å². The summed E-state index contributed by atoms with van der Waals surface area (Å²) in [7, 11) is 0. The minimum Gasteiger partial charge on any atom is -0.325 e. The Kier molecular flexibility index (Phi) is 4.87. The standard InChI is InChI=1S/C17H13ClN2O3S/c18-11-6-4-10(5-7-11)8-24-9-14(21)19-13-3-1-2-12-15(13)17(23)20-16(12)22/h1-7H,8-9H2,(H,19,21)(H,20,22,23). The topological polar surface area (TPSA) is 75.3 Å². The van der Waals surface area contributed by atoms with Gasteiger partial charge >= 0.3 is 0 Å². The molecule has 2 N–H and O–H groups in total. The molecule has 0 radical (unpaired) electrons. The first-order chi connectivity index (χ1) is 11.5. The van der Waals surface area contributed by atoms with Crippen LogP contribution >= 0.6 is 23.4 Å². The minimum atomic E-state index is -0.486. The van der Waals surface area contributed by atoms with E-state index in [4.69, 9.17) is 11.6 Å². The van der Waals surface area contributed by atoms with Crippen LogP contribution in [0.25, 0.3) is 0 Å². The third-order valence-corrected chi connectivity index (χ3v) is 4.71. The van der Waals surface area contributed by atoms with Crippen molar-refractivity contribution in [2.45, 2.75) is 5.75 Å². The molecule has 3 amide bonds. The molecule has 0 aliphatic carbocycles. The van der Waals surface area contributed by atoms with Gasteiger partial charge in [-0.2, -0.15) is 0 Å². The number of rotatable bonds is 5. The summed E-state index contributed by atoms with van der Waals surface area (Å²) in [5.74, 6) is -0.240. The fraction of sp³-hybridized carbons (Fsp3) is 0.118. The molecule has 122 valence electrons. The highest BCUT2D eigenvalue weighted by Crippen LogP contribution is 2.24. The van der Waals surface area contributed by atoms with Gasteiger partial charge in [0.05, 0.1) is 22.6 Å². The second kappa shape index (κ2) is 7.07. The first-order valence-corrected chi connectivity index (χ1v) is 8.68. The number of hydrogen-bond acceptors (Lipinski definition) is 4. The zero-order valence-corrected chi connectivity index (χ0v) is 14.0. The van der Waals surface area contributed by atoms with Crippen molar-refractivity contribution in [1.82, 2.24) is 5.32 Å². The number of hydrogen-bond donors (Lipinski definition) is 2. The van der Waals surface area contributed by atoms with Crippen LogP contribution in [0.15, 0.2) is 42.5 Å². The van der Waals surface area contributed by atoms with Gasteiger partial charge in [-0.25, -0.2) is 0 Å². The van der Waals surface area contributed by atoms with Gasteiger partial charge in [0.2, 0.25) is 5.91 Å². The molecule has 2 aromatic rings. The van der Waals surface area contributed by atoms with Crippen LogP contribution in [0.1, 0.15) is 26.3 Å². The van der Waals surface area contributed by atoms with Gasteiger partial charge in [-0.3, -0.25) is 19.7 Å². The predicted molar refractivity (Wildman–Crippen MR) is 94.5 cm³/mol. The van der Waals surface area contributed by atoms with E-state index in [-0.39, 0.29) is 22.8 Å². The Morgan fingerprint density at radius 2 is 1.83 bits per heavy atom. The first kappa shape index (κ1) is 16.5. The number of amides is 3. The Labute approximate surface area is 147 Å². The van der Waals surface area contributed by atoms with Crippen molar-refractivity contribution in [3.05, 3.63) is 64.2 Å². The van der Waals surface area contributed by atoms with Crippen LogP contribution in [0.3, 0.4) is 0 Å². The summed E-state index contributed by atoms with van der Waals surface area (Å²) < 4.78 is 0. The summed E-state index contributed by atoms with van der Waals surface area (Å²) in [5.41, 5.74) is 1.93. The lowest BCUT2D eigenvalue weighted by Gasteiger charge is -2.08. The number of benzene rings is 2. The molecule has 0 saturated carbocycles. The van der Waals surface area contributed by atoms with E-state index in [9.17, 15) is 14.4 Å². The molecule has 0 bridgehead atoms. The second-order valence-electron chi connectivity index (χ2n) is 5.18. The van der Waals surface area contributed by atoms with Crippen molar-refractivity contribution in [2.75, 3.05) is 11.1 Å².